The molecule has 2 N–H and O–H groups in total. The smallest absolute Gasteiger partial charge is 0.142 e. The third-order valence-electron chi connectivity index (χ3n) is 3.28. The lowest BCUT2D eigenvalue weighted by molar-refractivity contribution is 0.900. The van der Waals surface area contributed by atoms with Gasteiger partial charge < -0.3 is 5.73 Å². The largest absolute Gasteiger partial charge is 0.383 e. The van der Waals surface area contributed by atoms with Gasteiger partial charge in [-0.05, 0) is 37.0 Å². The number of nitriles is 1. The molecule has 0 fully saturated rings. The predicted molar refractivity (Wildman–Crippen MR) is 68.6 cm³/mol. The Labute approximate surface area is 105 Å². The number of fused-ring (bicyclic) bond motifs is 1. The molecule has 0 bridgehead atoms. The van der Waals surface area contributed by atoms with Crippen molar-refractivity contribution in [2.24, 2.45) is 0 Å². The van der Waals surface area contributed by atoms with E-state index in [0.29, 0.717) is 11.4 Å². The number of aromatic nitrogens is 2. The van der Waals surface area contributed by atoms with Crippen LogP contribution in [-0.4, -0.2) is 9.97 Å². The van der Waals surface area contributed by atoms with Crippen LogP contribution in [0.1, 0.15) is 23.2 Å². The van der Waals surface area contributed by atoms with Crippen molar-refractivity contribution in [3.8, 4) is 17.3 Å². The van der Waals surface area contributed by atoms with Crippen LogP contribution >= 0.6 is 0 Å². The molecule has 0 radical (unpaired) electrons. The lowest BCUT2D eigenvalue weighted by Gasteiger charge is -2.11. The van der Waals surface area contributed by atoms with Gasteiger partial charge in [-0.1, -0.05) is 6.07 Å². The molecule has 0 spiro atoms. The highest BCUT2D eigenvalue weighted by Crippen LogP contribution is 2.35. The van der Waals surface area contributed by atoms with E-state index in [2.05, 4.69) is 16.0 Å². The van der Waals surface area contributed by atoms with E-state index < -0.39 is 0 Å². The Morgan fingerprint density at radius 3 is 2.89 bits per heavy atom. The SMILES string of the molecule is N#Cc1c(N)nc2c(c1-c1ccccn1)CCC2. The fourth-order valence-corrected chi connectivity index (χ4v) is 2.51. The van der Waals surface area contributed by atoms with Crippen molar-refractivity contribution in [2.45, 2.75) is 19.3 Å². The monoisotopic (exact) mass is 236 g/mol. The minimum absolute atomic E-state index is 0.318. The molecule has 0 saturated carbocycles. The standard InChI is InChI=1S/C14H12N4/c15-8-10-13(12-5-1-2-7-17-12)9-4-3-6-11(9)18-14(10)16/h1-2,5,7H,3-4,6H2,(H2,16,18). The van der Waals surface area contributed by atoms with Gasteiger partial charge in [-0.25, -0.2) is 4.98 Å². The number of aryl methyl sites for hydroxylation is 1. The van der Waals surface area contributed by atoms with Gasteiger partial charge in [-0.15, -0.1) is 0 Å². The van der Waals surface area contributed by atoms with Gasteiger partial charge in [0, 0.05) is 17.5 Å². The number of hydrogen-bond acceptors (Lipinski definition) is 4. The third kappa shape index (κ3) is 1.52. The molecule has 4 heteroatoms. The van der Waals surface area contributed by atoms with Gasteiger partial charge in [0.15, 0.2) is 0 Å². The molecule has 3 rings (SSSR count). The van der Waals surface area contributed by atoms with Crippen molar-refractivity contribution in [3.05, 3.63) is 41.2 Å². The number of pyridine rings is 2. The van der Waals surface area contributed by atoms with Crippen LogP contribution in [0.2, 0.25) is 0 Å². The van der Waals surface area contributed by atoms with Crippen LogP contribution in [0.3, 0.4) is 0 Å². The van der Waals surface area contributed by atoms with Crippen molar-refractivity contribution in [3.63, 3.8) is 0 Å². The number of nitrogens with two attached hydrogens (primary N) is 1. The Bertz CT molecular complexity index is 640. The van der Waals surface area contributed by atoms with Gasteiger partial charge in [0.2, 0.25) is 0 Å². The van der Waals surface area contributed by atoms with Gasteiger partial charge >= 0.3 is 0 Å². The second-order valence-corrected chi connectivity index (χ2v) is 4.35. The van der Waals surface area contributed by atoms with E-state index in [1.165, 1.54) is 0 Å². The zero-order chi connectivity index (χ0) is 12.5. The molecule has 2 heterocycles. The fourth-order valence-electron chi connectivity index (χ4n) is 2.51. The lowest BCUT2D eigenvalue weighted by atomic mass is 9.98. The summed E-state index contributed by atoms with van der Waals surface area (Å²) < 4.78 is 0. The molecule has 4 nitrogen and oxygen atoms in total. The highest BCUT2D eigenvalue weighted by atomic mass is 14.9. The van der Waals surface area contributed by atoms with E-state index in [9.17, 15) is 5.26 Å². The second-order valence-electron chi connectivity index (χ2n) is 4.35. The first-order valence-corrected chi connectivity index (χ1v) is 5.94. The van der Waals surface area contributed by atoms with Crippen LogP contribution in [0.4, 0.5) is 5.82 Å². The van der Waals surface area contributed by atoms with Crippen LogP contribution in [0.25, 0.3) is 11.3 Å². The maximum Gasteiger partial charge on any atom is 0.142 e. The summed E-state index contributed by atoms with van der Waals surface area (Å²) in [5.74, 6) is 0.318. The zero-order valence-electron chi connectivity index (χ0n) is 9.85. The first-order chi connectivity index (χ1) is 8.81. The number of anilines is 1. The molecule has 0 amide bonds. The van der Waals surface area contributed by atoms with Crippen LogP contribution in [0.15, 0.2) is 24.4 Å². The van der Waals surface area contributed by atoms with Crippen molar-refractivity contribution in [2.75, 3.05) is 5.73 Å². The van der Waals surface area contributed by atoms with Crippen molar-refractivity contribution in [1.29, 1.82) is 5.26 Å². The van der Waals surface area contributed by atoms with E-state index in [1.807, 2.05) is 18.2 Å². The Kier molecular flexibility index (Phi) is 2.45. The predicted octanol–water partition coefficient (Wildman–Crippen LogP) is 2.09. The highest BCUT2D eigenvalue weighted by molar-refractivity contribution is 5.77. The van der Waals surface area contributed by atoms with Gasteiger partial charge in [0.25, 0.3) is 0 Å². The van der Waals surface area contributed by atoms with Crippen molar-refractivity contribution < 1.29 is 0 Å². The molecule has 0 saturated heterocycles. The molecular formula is C14H12N4. The summed E-state index contributed by atoms with van der Waals surface area (Å²) in [6, 6.07) is 7.86. The molecule has 18 heavy (non-hydrogen) atoms. The van der Waals surface area contributed by atoms with Gasteiger partial charge in [-0.2, -0.15) is 5.26 Å². The van der Waals surface area contributed by atoms with Gasteiger partial charge in [0.1, 0.15) is 17.5 Å². The zero-order valence-corrected chi connectivity index (χ0v) is 9.85. The Hall–Kier alpha value is -2.41. The summed E-state index contributed by atoms with van der Waals surface area (Å²) >= 11 is 0. The molecule has 2 aromatic rings. The number of hydrogen-bond donors (Lipinski definition) is 1. The summed E-state index contributed by atoms with van der Waals surface area (Å²) in [7, 11) is 0. The van der Waals surface area contributed by atoms with E-state index >= 15 is 0 Å². The summed E-state index contributed by atoms with van der Waals surface area (Å²) in [5, 5.41) is 9.29. The minimum atomic E-state index is 0.318. The van der Waals surface area contributed by atoms with Gasteiger partial charge in [-0.3, -0.25) is 4.98 Å². The molecule has 0 atom stereocenters. The minimum Gasteiger partial charge on any atom is -0.383 e. The van der Waals surface area contributed by atoms with Crippen molar-refractivity contribution >= 4 is 5.82 Å². The molecule has 2 aromatic heterocycles. The van der Waals surface area contributed by atoms with E-state index in [1.54, 1.807) is 6.20 Å². The Morgan fingerprint density at radius 1 is 1.28 bits per heavy atom. The normalized spacial score (nSPS) is 13.1. The molecule has 0 aromatic carbocycles. The quantitative estimate of drug-likeness (QED) is 0.822. The topological polar surface area (TPSA) is 75.6 Å². The van der Waals surface area contributed by atoms with Gasteiger partial charge in [0.05, 0.1) is 5.69 Å². The number of nitrogens with zero attached hydrogens (tertiary/aromatic N) is 3. The molecule has 0 aliphatic heterocycles. The molecule has 1 aliphatic carbocycles. The Balaban J connectivity index is 2.34. The summed E-state index contributed by atoms with van der Waals surface area (Å²) in [5.41, 5.74) is 10.2. The summed E-state index contributed by atoms with van der Waals surface area (Å²) in [6.07, 6.45) is 4.68. The first kappa shape index (κ1) is 10.7. The summed E-state index contributed by atoms with van der Waals surface area (Å²) in [4.78, 5) is 8.68. The van der Waals surface area contributed by atoms with E-state index in [4.69, 9.17) is 5.73 Å². The van der Waals surface area contributed by atoms with Crippen molar-refractivity contribution in [1.82, 2.24) is 9.97 Å². The van der Waals surface area contributed by atoms with Crippen LogP contribution in [0, 0.1) is 11.3 Å². The lowest BCUT2D eigenvalue weighted by Crippen LogP contribution is -2.04. The fraction of sp³-hybridized carbons (Fsp3) is 0.214. The van der Waals surface area contributed by atoms with E-state index in [-0.39, 0.29) is 0 Å². The molecule has 1 aliphatic rings. The molecule has 0 unspecified atom stereocenters. The Morgan fingerprint density at radius 2 is 2.17 bits per heavy atom. The average Bonchev–Trinajstić information content (AvgIpc) is 2.85. The van der Waals surface area contributed by atoms with Crippen LogP contribution in [0.5, 0.6) is 0 Å². The maximum absolute atomic E-state index is 9.29. The van der Waals surface area contributed by atoms with E-state index in [0.717, 1.165) is 41.8 Å². The number of nitrogen functional groups attached to an aromatic ring is 1. The molecular weight excluding hydrogens is 224 g/mol. The maximum atomic E-state index is 9.29. The van der Waals surface area contributed by atoms with Crippen LogP contribution < -0.4 is 5.73 Å². The number of rotatable bonds is 1. The van der Waals surface area contributed by atoms with Crippen LogP contribution in [-0.2, 0) is 12.8 Å². The molecule has 88 valence electrons. The highest BCUT2D eigenvalue weighted by Gasteiger charge is 2.23. The first-order valence-electron chi connectivity index (χ1n) is 5.94. The average molecular weight is 236 g/mol. The summed E-state index contributed by atoms with van der Waals surface area (Å²) in [6.45, 7) is 0. The second kappa shape index (κ2) is 4.11. The third-order valence-corrected chi connectivity index (χ3v) is 3.28.